The zero-order valence-corrected chi connectivity index (χ0v) is 12.3. The summed E-state index contributed by atoms with van der Waals surface area (Å²) in [5.74, 6) is 0.139. The molecule has 18 heavy (non-hydrogen) atoms. The Morgan fingerprint density at radius 3 is 2.72 bits per heavy atom. The van der Waals surface area contributed by atoms with E-state index in [2.05, 4.69) is 33.0 Å². The molecule has 2 aliphatic rings. The Labute approximate surface area is 120 Å². The van der Waals surface area contributed by atoms with Gasteiger partial charge in [0.15, 0.2) is 0 Å². The Balaban J connectivity index is 1.84. The number of rotatable bonds is 6. The van der Waals surface area contributed by atoms with Gasteiger partial charge in [-0.05, 0) is 54.2 Å². The molecule has 0 saturated heterocycles. The van der Waals surface area contributed by atoms with Gasteiger partial charge in [-0.15, -0.1) is 0 Å². The fraction of sp³-hybridized carbons (Fsp3) is 0.667. The van der Waals surface area contributed by atoms with Gasteiger partial charge in [0.25, 0.3) is 0 Å². The van der Waals surface area contributed by atoms with E-state index >= 15 is 0 Å². The minimum absolute atomic E-state index is 0.234. The summed E-state index contributed by atoms with van der Waals surface area (Å²) >= 11 is 2.22. The van der Waals surface area contributed by atoms with Crippen LogP contribution in [0.25, 0.3) is 0 Å². The first-order valence-corrected chi connectivity index (χ1v) is 7.43. The van der Waals surface area contributed by atoms with E-state index in [9.17, 15) is 4.79 Å². The van der Waals surface area contributed by atoms with E-state index in [0.29, 0.717) is 18.5 Å². The van der Waals surface area contributed by atoms with Crippen molar-refractivity contribution >= 4 is 28.5 Å². The average molecular weight is 360 g/mol. The van der Waals surface area contributed by atoms with Crippen LogP contribution in [0.2, 0.25) is 0 Å². The molecule has 2 saturated carbocycles. The molecule has 5 nitrogen and oxygen atoms in total. The third-order valence-corrected chi connectivity index (χ3v) is 4.32. The summed E-state index contributed by atoms with van der Waals surface area (Å²) < 4.78 is 2.91. The van der Waals surface area contributed by atoms with Crippen molar-refractivity contribution in [2.45, 2.75) is 43.8 Å². The van der Waals surface area contributed by atoms with Crippen LogP contribution in [0.5, 0.6) is 0 Å². The predicted octanol–water partition coefficient (Wildman–Crippen LogP) is 0.874. The first-order chi connectivity index (χ1) is 8.60. The lowest BCUT2D eigenvalue weighted by atomic mass is 9.91. The van der Waals surface area contributed by atoms with Crippen LogP contribution >= 0.6 is 22.6 Å². The smallest absolute Gasteiger partial charge is 0.239 e. The molecule has 6 heteroatoms. The van der Waals surface area contributed by atoms with Gasteiger partial charge in [0.1, 0.15) is 5.54 Å². The van der Waals surface area contributed by atoms with E-state index in [1.165, 1.54) is 0 Å². The lowest BCUT2D eigenvalue weighted by Gasteiger charge is -2.32. The normalized spacial score (nSPS) is 22.7. The van der Waals surface area contributed by atoms with Gasteiger partial charge in [0, 0.05) is 12.2 Å². The number of amides is 1. The molecule has 2 aliphatic carbocycles. The highest BCUT2D eigenvalue weighted by atomic mass is 127. The van der Waals surface area contributed by atoms with Crippen molar-refractivity contribution in [1.29, 1.82) is 0 Å². The van der Waals surface area contributed by atoms with Gasteiger partial charge in [-0.2, -0.15) is 5.10 Å². The van der Waals surface area contributed by atoms with Crippen molar-refractivity contribution in [1.82, 2.24) is 15.1 Å². The Kier molecular flexibility index (Phi) is 3.09. The van der Waals surface area contributed by atoms with Gasteiger partial charge in [-0.1, -0.05) is 0 Å². The topological polar surface area (TPSA) is 72.9 Å². The molecule has 1 aromatic rings. The summed E-state index contributed by atoms with van der Waals surface area (Å²) in [6.45, 7) is 0.548. The minimum atomic E-state index is -0.601. The highest BCUT2D eigenvalue weighted by molar-refractivity contribution is 14.1. The largest absolute Gasteiger partial charge is 0.368 e. The van der Waals surface area contributed by atoms with Gasteiger partial charge in [-0.25, -0.2) is 0 Å². The maximum atomic E-state index is 12.0. The van der Waals surface area contributed by atoms with Crippen LogP contribution in [-0.2, 0) is 11.3 Å². The number of carbonyl (C=O) groups is 1. The summed E-state index contributed by atoms with van der Waals surface area (Å²) in [6, 6.07) is 0.465. The number of nitrogens with one attached hydrogen (secondary N) is 1. The number of halogens is 1. The van der Waals surface area contributed by atoms with Crippen molar-refractivity contribution in [3.8, 4) is 0 Å². The van der Waals surface area contributed by atoms with Crippen LogP contribution in [0.1, 0.15) is 25.7 Å². The van der Waals surface area contributed by atoms with Gasteiger partial charge < -0.3 is 5.73 Å². The van der Waals surface area contributed by atoms with E-state index in [1.807, 2.05) is 10.9 Å². The SMILES string of the molecule is NC(=O)C(Cn1cc(I)cn1)(NC1CC1)C1CC1. The molecule has 1 heterocycles. The third-order valence-electron chi connectivity index (χ3n) is 3.77. The lowest BCUT2D eigenvalue weighted by molar-refractivity contribution is -0.126. The highest BCUT2D eigenvalue weighted by Gasteiger charge is 2.52. The zero-order valence-electron chi connectivity index (χ0n) is 10.1. The standard InChI is InChI=1S/C12H17IN4O/c13-9-5-15-17(6-9)7-12(11(14)18,8-1-2-8)16-10-3-4-10/h5-6,8,10,16H,1-4,7H2,(H2,14,18). The molecule has 98 valence electrons. The number of aromatic nitrogens is 2. The maximum Gasteiger partial charge on any atom is 0.239 e. The van der Waals surface area contributed by atoms with Gasteiger partial charge in [-0.3, -0.25) is 14.8 Å². The molecule has 0 aromatic carbocycles. The van der Waals surface area contributed by atoms with E-state index in [4.69, 9.17) is 5.73 Å². The van der Waals surface area contributed by atoms with Crippen LogP contribution in [0, 0.1) is 9.49 Å². The molecule has 1 unspecified atom stereocenters. The number of primary amides is 1. The van der Waals surface area contributed by atoms with Crippen LogP contribution in [0.3, 0.4) is 0 Å². The Morgan fingerprint density at radius 1 is 1.56 bits per heavy atom. The molecule has 1 aromatic heterocycles. The van der Waals surface area contributed by atoms with Crippen LogP contribution < -0.4 is 11.1 Å². The third kappa shape index (κ3) is 2.40. The first kappa shape index (κ1) is 12.4. The number of nitrogens with zero attached hydrogens (tertiary/aromatic N) is 2. The monoisotopic (exact) mass is 360 g/mol. The average Bonchev–Trinajstić information content (AvgIpc) is 3.19. The van der Waals surface area contributed by atoms with Crippen molar-refractivity contribution < 1.29 is 4.79 Å². The summed E-state index contributed by atoms with van der Waals surface area (Å²) in [7, 11) is 0. The Morgan fingerprint density at radius 2 is 2.28 bits per heavy atom. The van der Waals surface area contributed by atoms with Gasteiger partial charge >= 0.3 is 0 Å². The Hall–Kier alpha value is -0.630. The highest BCUT2D eigenvalue weighted by Crippen LogP contribution is 2.42. The fourth-order valence-electron chi connectivity index (χ4n) is 2.49. The van der Waals surface area contributed by atoms with Crippen molar-refractivity contribution in [2.24, 2.45) is 11.7 Å². The molecule has 0 radical (unpaired) electrons. The van der Waals surface area contributed by atoms with Crippen molar-refractivity contribution in [3.05, 3.63) is 16.0 Å². The summed E-state index contributed by atoms with van der Waals surface area (Å²) in [6.07, 6.45) is 8.23. The molecule has 3 rings (SSSR count). The van der Waals surface area contributed by atoms with Crippen molar-refractivity contribution in [3.63, 3.8) is 0 Å². The van der Waals surface area contributed by atoms with E-state index in [-0.39, 0.29) is 5.91 Å². The molecule has 0 spiro atoms. The zero-order chi connectivity index (χ0) is 12.8. The van der Waals surface area contributed by atoms with E-state index in [0.717, 1.165) is 29.3 Å². The number of carbonyl (C=O) groups excluding carboxylic acids is 1. The number of hydrogen-bond donors (Lipinski definition) is 2. The minimum Gasteiger partial charge on any atom is -0.368 e. The summed E-state index contributed by atoms with van der Waals surface area (Å²) in [5.41, 5.74) is 5.10. The molecule has 1 amide bonds. The number of nitrogens with two attached hydrogens (primary N) is 1. The lowest BCUT2D eigenvalue weighted by Crippen LogP contribution is -2.60. The van der Waals surface area contributed by atoms with Crippen LogP contribution in [-0.4, -0.2) is 27.3 Å². The molecular formula is C12H17IN4O. The summed E-state index contributed by atoms with van der Waals surface area (Å²) in [4.78, 5) is 12.0. The molecule has 2 fully saturated rings. The molecular weight excluding hydrogens is 343 g/mol. The second-order valence-corrected chi connectivity index (χ2v) is 6.63. The van der Waals surface area contributed by atoms with Crippen LogP contribution in [0.4, 0.5) is 0 Å². The van der Waals surface area contributed by atoms with E-state index in [1.54, 1.807) is 6.20 Å². The quantitative estimate of drug-likeness (QED) is 0.740. The van der Waals surface area contributed by atoms with Crippen LogP contribution in [0.15, 0.2) is 12.4 Å². The number of hydrogen-bond acceptors (Lipinski definition) is 3. The Bertz CT molecular complexity index is 466. The van der Waals surface area contributed by atoms with Gasteiger partial charge in [0.2, 0.25) is 5.91 Å². The molecule has 0 aliphatic heterocycles. The second-order valence-electron chi connectivity index (χ2n) is 5.38. The predicted molar refractivity (Wildman–Crippen MR) is 75.8 cm³/mol. The maximum absolute atomic E-state index is 12.0. The summed E-state index contributed by atoms with van der Waals surface area (Å²) in [5, 5.41) is 7.77. The first-order valence-electron chi connectivity index (χ1n) is 6.36. The molecule has 0 bridgehead atoms. The van der Waals surface area contributed by atoms with E-state index < -0.39 is 5.54 Å². The molecule has 3 N–H and O–H groups in total. The molecule has 1 atom stereocenters. The second kappa shape index (κ2) is 4.48. The fourth-order valence-corrected chi connectivity index (χ4v) is 2.94. The van der Waals surface area contributed by atoms with Crippen molar-refractivity contribution in [2.75, 3.05) is 0 Å². The van der Waals surface area contributed by atoms with Gasteiger partial charge in [0.05, 0.1) is 16.3 Å².